The van der Waals surface area contributed by atoms with Gasteiger partial charge in [-0.1, -0.05) is 12.2 Å². The maximum absolute atomic E-state index is 10.8. The number of benzene rings is 1. The molecule has 0 atom stereocenters. The Morgan fingerprint density at radius 3 is 2.40 bits per heavy atom. The zero-order valence-corrected chi connectivity index (χ0v) is 9.86. The first-order valence-corrected chi connectivity index (χ1v) is 5.71. The number of nitrogens with one attached hydrogen (secondary N) is 1. The van der Waals surface area contributed by atoms with Crippen molar-refractivity contribution in [1.29, 1.82) is 0 Å². The minimum atomic E-state index is -0.0441. The molecule has 1 amide bonds. The Bertz CT molecular complexity index is 356. The number of anilines is 1. The molecule has 1 rings (SSSR count). The summed E-state index contributed by atoms with van der Waals surface area (Å²) in [5.74, 6) is 0.886. The molecule has 0 aliphatic rings. The van der Waals surface area contributed by atoms with Crippen molar-refractivity contribution in [3.63, 3.8) is 0 Å². The molecule has 0 saturated carbocycles. The molecule has 0 heterocycles. The summed E-state index contributed by atoms with van der Waals surface area (Å²) in [5.41, 5.74) is 1.99. The zero-order valence-electron chi connectivity index (χ0n) is 9.04. The van der Waals surface area contributed by atoms with E-state index in [1.807, 2.05) is 31.2 Å². The maximum atomic E-state index is 10.8. The predicted octanol–water partition coefficient (Wildman–Crippen LogP) is 3.31. The molecular weight excluding hydrogens is 206 g/mol. The van der Waals surface area contributed by atoms with Crippen LogP contribution in [0.2, 0.25) is 0 Å². The summed E-state index contributed by atoms with van der Waals surface area (Å²) in [5, 5.41) is 2.73. The van der Waals surface area contributed by atoms with Crippen LogP contribution in [-0.4, -0.2) is 11.7 Å². The molecule has 0 unspecified atom stereocenters. The van der Waals surface area contributed by atoms with Crippen molar-refractivity contribution in [3.8, 4) is 0 Å². The van der Waals surface area contributed by atoms with Crippen LogP contribution in [0.15, 0.2) is 41.3 Å². The normalized spacial score (nSPS) is 9.73. The van der Waals surface area contributed by atoms with Crippen LogP contribution in [0.5, 0.6) is 0 Å². The maximum Gasteiger partial charge on any atom is 0.221 e. The molecule has 0 aliphatic carbocycles. The molecule has 0 bridgehead atoms. The Balaban J connectivity index is 2.56. The van der Waals surface area contributed by atoms with Gasteiger partial charge in [-0.25, -0.2) is 0 Å². The van der Waals surface area contributed by atoms with Gasteiger partial charge in [-0.3, -0.25) is 4.79 Å². The summed E-state index contributed by atoms with van der Waals surface area (Å²) in [4.78, 5) is 12.0. The Morgan fingerprint density at radius 2 is 1.93 bits per heavy atom. The minimum Gasteiger partial charge on any atom is -0.326 e. The Morgan fingerprint density at radius 1 is 1.33 bits per heavy atom. The van der Waals surface area contributed by atoms with Crippen LogP contribution in [0.1, 0.15) is 13.8 Å². The van der Waals surface area contributed by atoms with E-state index in [4.69, 9.17) is 0 Å². The summed E-state index contributed by atoms with van der Waals surface area (Å²) in [6.07, 6.45) is 0. The lowest BCUT2D eigenvalue weighted by molar-refractivity contribution is -0.114. The van der Waals surface area contributed by atoms with Crippen LogP contribution in [0.3, 0.4) is 0 Å². The quantitative estimate of drug-likeness (QED) is 0.624. The number of thioether (sulfide) groups is 1. The molecule has 80 valence electrons. The van der Waals surface area contributed by atoms with Crippen molar-refractivity contribution in [3.05, 3.63) is 36.4 Å². The number of rotatable bonds is 4. The summed E-state index contributed by atoms with van der Waals surface area (Å²) in [6, 6.07) is 7.81. The fraction of sp³-hybridized carbons (Fsp3) is 0.250. The van der Waals surface area contributed by atoms with Gasteiger partial charge in [0.2, 0.25) is 5.91 Å². The van der Waals surface area contributed by atoms with E-state index >= 15 is 0 Å². The fourth-order valence-corrected chi connectivity index (χ4v) is 1.79. The molecule has 1 N–H and O–H groups in total. The summed E-state index contributed by atoms with van der Waals surface area (Å²) in [7, 11) is 0. The molecule has 0 aliphatic heterocycles. The molecule has 0 radical (unpaired) electrons. The van der Waals surface area contributed by atoms with Crippen LogP contribution in [-0.2, 0) is 4.79 Å². The van der Waals surface area contributed by atoms with Crippen molar-refractivity contribution in [2.75, 3.05) is 11.1 Å². The van der Waals surface area contributed by atoms with Gasteiger partial charge in [-0.2, -0.15) is 0 Å². The highest BCUT2D eigenvalue weighted by Gasteiger charge is 1.97. The Hall–Kier alpha value is -1.22. The molecule has 1 aromatic rings. The standard InChI is InChI=1S/C12H15NOS/c1-9(2)8-15-12-6-4-11(5-7-12)13-10(3)14/h4-7H,1,8H2,2-3H3,(H,13,14). The van der Waals surface area contributed by atoms with Crippen LogP contribution in [0.25, 0.3) is 0 Å². The van der Waals surface area contributed by atoms with Crippen molar-refractivity contribution < 1.29 is 4.79 Å². The second kappa shape index (κ2) is 5.61. The molecule has 1 aromatic carbocycles. The van der Waals surface area contributed by atoms with E-state index in [1.165, 1.54) is 11.8 Å². The Labute approximate surface area is 94.8 Å². The van der Waals surface area contributed by atoms with Gasteiger partial charge in [0.05, 0.1) is 0 Å². The van der Waals surface area contributed by atoms with Gasteiger partial charge >= 0.3 is 0 Å². The minimum absolute atomic E-state index is 0.0441. The highest BCUT2D eigenvalue weighted by molar-refractivity contribution is 7.99. The van der Waals surface area contributed by atoms with Crippen molar-refractivity contribution in [1.82, 2.24) is 0 Å². The molecular formula is C12H15NOS. The number of carbonyl (C=O) groups is 1. The lowest BCUT2D eigenvalue weighted by Gasteiger charge is -2.04. The molecule has 0 saturated heterocycles. The SMILES string of the molecule is C=C(C)CSc1ccc(NC(C)=O)cc1. The second-order valence-electron chi connectivity index (χ2n) is 3.45. The third-order valence-electron chi connectivity index (χ3n) is 1.66. The lowest BCUT2D eigenvalue weighted by atomic mass is 10.3. The van der Waals surface area contributed by atoms with E-state index in [0.29, 0.717) is 0 Å². The zero-order chi connectivity index (χ0) is 11.3. The number of hydrogen-bond acceptors (Lipinski definition) is 2. The van der Waals surface area contributed by atoms with Crippen LogP contribution < -0.4 is 5.32 Å². The third-order valence-corrected chi connectivity index (χ3v) is 2.90. The van der Waals surface area contributed by atoms with Gasteiger partial charge in [-0.15, -0.1) is 11.8 Å². The Kier molecular flexibility index (Phi) is 4.43. The molecule has 0 spiro atoms. The molecule has 0 aromatic heterocycles. The van der Waals surface area contributed by atoms with E-state index in [-0.39, 0.29) is 5.91 Å². The number of carbonyl (C=O) groups excluding carboxylic acids is 1. The van der Waals surface area contributed by atoms with Gasteiger partial charge in [0, 0.05) is 23.3 Å². The summed E-state index contributed by atoms with van der Waals surface area (Å²) < 4.78 is 0. The van der Waals surface area contributed by atoms with E-state index in [2.05, 4.69) is 11.9 Å². The second-order valence-corrected chi connectivity index (χ2v) is 4.50. The third kappa shape index (κ3) is 4.70. The first-order valence-electron chi connectivity index (χ1n) is 4.73. The topological polar surface area (TPSA) is 29.1 Å². The molecule has 3 heteroatoms. The largest absolute Gasteiger partial charge is 0.326 e. The van der Waals surface area contributed by atoms with Crippen LogP contribution >= 0.6 is 11.8 Å². The highest BCUT2D eigenvalue weighted by Crippen LogP contribution is 2.21. The van der Waals surface area contributed by atoms with Crippen LogP contribution in [0, 0.1) is 0 Å². The van der Waals surface area contributed by atoms with E-state index < -0.39 is 0 Å². The van der Waals surface area contributed by atoms with E-state index in [0.717, 1.165) is 17.0 Å². The van der Waals surface area contributed by atoms with Crippen molar-refractivity contribution in [2.24, 2.45) is 0 Å². The van der Waals surface area contributed by atoms with Crippen LogP contribution in [0.4, 0.5) is 5.69 Å². The van der Waals surface area contributed by atoms with Gasteiger partial charge in [0.1, 0.15) is 0 Å². The summed E-state index contributed by atoms with van der Waals surface area (Å²) in [6.45, 7) is 7.37. The van der Waals surface area contributed by atoms with Gasteiger partial charge in [-0.05, 0) is 31.2 Å². The van der Waals surface area contributed by atoms with Crippen molar-refractivity contribution >= 4 is 23.4 Å². The summed E-state index contributed by atoms with van der Waals surface area (Å²) >= 11 is 1.74. The van der Waals surface area contributed by atoms with E-state index in [1.54, 1.807) is 11.8 Å². The monoisotopic (exact) mass is 221 g/mol. The first-order chi connectivity index (χ1) is 7.08. The molecule has 2 nitrogen and oxygen atoms in total. The predicted molar refractivity (Wildman–Crippen MR) is 66.3 cm³/mol. The number of hydrogen-bond donors (Lipinski definition) is 1. The number of amides is 1. The smallest absolute Gasteiger partial charge is 0.221 e. The molecule has 0 fully saturated rings. The highest BCUT2D eigenvalue weighted by atomic mass is 32.2. The van der Waals surface area contributed by atoms with Gasteiger partial charge < -0.3 is 5.32 Å². The van der Waals surface area contributed by atoms with Gasteiger partial charge in [0.15, 0.2) is 0 Å². The average Bonchev–Trinajstić information content (AvgIpc) is 2.16. The van der Waals surface area contributed by atoms with E-state index in [9.17, 15) is 4.79 Å². The first kappa shape index (κ1) is 11.9. The fourth-order valence-electron chi connectivity index (χ4n) is 1.04. The van der Waals surface area contributed by atoms with Crippen molar-refractivity contribution in [2.45, 2.75) is 18.7 Å². The molecule has 15 heavy (non-hydrogen) atoms. The van der Waals surface area contributed by atoms with Gasteiger partial charge in [0.25, 0.3) is 0 Å². The lowest BCUT2D eigenvalue weighted by Crippen LogP contribution is -2.05. The average molecular weight is 221 g/mol.